The lowest BCUT2D eigenvalue weighted by atomic mass is 10.1. The summed E-state index contributed by atoms with van der Waals surface area (Å²) in [6.07, 6.45) is 3.50. The van der Waals surface area contributed by atoms with Gasteiger partial charge in [-0.25, -0.2) is 4.98 Å². The van der Waals surface area contributed by atoms with E-state index in [0.29, 0.717) is 22.8 Å². The summed E-state index contributed by atoms with van der Waals surface area (Å²) < 4.78 is 1.89. The van der Waals surface area contributed by atoms with Gasteiger partial charge in [0.15, 0.2) is 0 Å². The van der Waals surface area contributed by atoms with E-state index in [0.717, 1.165) is 11.1 Å². The first kappa shape index (κ1) is 14.3. The number of fused-ring (bicyclic) bond motifs is 1. The van der Waals surface area contributed by atoms with E-state index in [9.17, 15) is 10.2 Å². The molecule has 0 bridgehead atoms. The van der Waals surface area contributed by atoms with Crippen molar-refractivity contribution in [3.05, 3.63) is 66.5 Å². The Bertz CT molecular complexity index is 1050. The molecular formula is C19H15N3O2. The number of aryl methyl sites for hydroxylation is 1. The molecule has 3 aromatic heterocycles. The molecule has 24 heavy (non-hydrogen) atoms. The van der Waals surface area contributed by atoms with Crippen molar-refractivity contribution in [1.29, 1.82) is 0 Å². The maximum Gasteiger partial charge on any atom is 0.149 e. The topological polar surface area (TPSA) is 70.7 Å². The molecular weight excluding hydrogens is 302 g/mol. The van der Waals surface area contributed by atoms with Crippen molar-refractivity contribution in [2.75, 3.05) is 0 Å². The first-order valence-electron chi connectivity index (χ1n) is 7.56. The van der Waals surface area contributed by atoms with Gasteiger partial charge < -0.3 is 10.2 Å². The number of aromatic nitrogens is 3. The molecule has 3 heterocycles. The fourth-order valence-electron chi connectivity index (χ4n) is 2.81. The third kappa shape index (κ3) is 2.18. The summed E-state index contributed by atoms with van der Waals surface area (Å²) in [6, 6.07) is 14.4. The standard InChI is InChI=1S/C19H15N3O2/c1-12-7-8-15(23)13(11-12)19-21-17(14-5-2-3-10-22(14)19)18-16(24)6-4-9-20-18/h2-11,23-24H,1H3. The number of imidazole rings is 1. The summed E-state index contributed by atoms with van der Waals surface area (Å²) in [4.78, 5) is 8.93. The van der Waals surface area contributed by atoms with Crippen molar-refractivity contribution < 1.29 is 10.2 Å². The van der Waals surface area contributed by atoms with E-state index in [4.69, 9.17) is 0 Å². The predicted molar refractivity (Wildman–Crippen MR) is 91.9 cm³/mol. The Kier molecular flexibility index (Phi) is 3.20. The Balaban J connectivity index is 2.06. The van der Waals surface area contributed by atoms with Crippen LogP contribution >= 0.6 is 0 Å². The van der Waals surface area contributed by atoms with Gasteiger partial charge >= 0.3 is 0 Å². The zero-order chi connectivity index (χ0) is 16.7. The Morgan fingerprint density at radius 3 is 2.62 bits per heavy atom. The fraction of sp³-hybridized carbons (Fsp3) is 0.0526. The van der Waals surface area contributed by atoms with Gasteiger partial charge in [-0.3, -0.25) is 9.38 Å². The van der Waals surface area contributed by atoms with Crippen LogP contribution in [0, 0.1) is 6.92 Å². The minimum Gasteiger partial charge on any atom is -0.507 e. The predicted octanol–water partition coefficient (Wildman–Crippen LogP) is 3.78. The Hall–Kier alpha value is -3.34. The summed E-state index contributed by atoms with van der Waals surface area (Å²) in [6.45, 7) is 1.96. The molecule has 5 heteroatoms. The first-order valence-corrected chi connectivity index (χ1v) is 7.56. The van der Waals surface area contributed by atoms with Gasteiger partial charge in [0.1, 0.15) is 28.7 Å². The number of hydrogen-bond donors (Lipinski definition) is 2. The molecule has 0 saturated heterocycles. The molecule has 0 aliphatic heterocycles. The van der Waals surface area contributed by atoms with Gasteiger partial charge in [0, 0.05) is 12.4 Å². The largest absolute Gasteiger partial charge is 0.507 e. The average molecular weight is 317 g/mol. The number of phenols is 1. The van der Waals surface area contributed by atoms with E-state index in [-0.39, 0.29) is 11.5 Å². The number of hydrogen-bond acceptors (Lipinski definition) is 4. The van der Waals surface area contributed by atoms with Gasteiger partial charge in [-0.2, -0.15) is 0 Å². The Morgan fingerprint density at radius 2 is 1.79 bits per heavy atom. The van der Waals surface area contributed by atoms with Crippen LogP contribution in [-0.4, -0.2) is 24.6 Å². The molecule has 4 rings (SSSR count). The zero-order valence-corrected chi connectivity index (χ0v) is 13.0. The molecule has 0 fully saturated rings. The molecule has 0 atom stereocenters. The van der Waals surface area contributed by atoms with E-state index in [1.54, 1.807) is 24.4 Å². The quantitative estimate of drug-likeness (QED) is 0.590. The number of rotatable bonds is 2. The molecule has 0 radical (unpaired) electrons. The smallest absolute Gasteiger partial charge is 0.149 e. The van der Waals surface area contributed by atoms with E-state index in [1.165, 1.54) is 0 Å². The molecule has 5 nitrogen and oxygen atoms in total. The lowest BCUT2D eigenvalue weighted by Gasteiger charge is -2.05. The van der Waals surface area contributed by atoms with E-state index < -0.39 is 0 Å². The van der Waals surface area contributed by atoms with Crippen LogP contribution < -0.4 is 0 Å². The van der Waals surface area contributed by atoms with Gasteiger partial charge in [-0.1, -0.05) is 17.7 Å². The van der Waals surface area contributed by atoms with Crippen LogP contribution in [-0.2, 0) is 0 Å². The second-order valence-electron chi connectivity index (χ2n) is 5.63. The highest BCUT2D eigenvalue weighted by Gasteiger charge is 2.19. The second kappa shape index (κ2) is 5.38. The van der Waals surface area contributed by atoms with Crippen molar-refractivity contribution in [2.45, 2.75) is 6.92 Å². The van der Waals surface area contributed by atoms with Crippen molar-refractivity contribution in [3.63, 3.8) is 0 Å². The molecule has 0 unspecified atom stereocenters. The summed E-state index contributed by atoms with van der Waals surface area (Å²) in [5.41, 5.74) is 3.46. The second-order valence-corrected chi connectivity index (χ2v) is 5.63. The maximum atomic E-state index is 10.3. The molecule has 4 aromatic rings. The monoisotopic (exact) mass is 317 g/mol. The number of aromatic hydroxyl groups is 2. The Morgan fingerprint density at radius 1 is 0.917 bits per heavy atom. The van der Waals surface area contributed by atoms with Gasteiger partial charge in [0.05, 0.1) is 11.1 Å². The average Bonchev–Trinajstić information content (AvgIpc) is 2.97. The molecule has 0 aliphatic rings. The molecule has 0 amide bonds. The van der Waals surface area contributed by atoms with Crippen LogP contribution in [0.4, 0.5) is 0 Å². The normalized spacial score (nSPS) is 11.0. The summed E-state index contributed by atoms with van der Waals surface area (Å²) >= 11 is 0. The van der Waals surface area contributed by atoms with Gasteiger partial charge in [-0.05, 0) is 43.3 Å². The zero-order valence-electron chi connectivity index (χ0n) is 13.0. The number of pyridine rings is 2. The fourth-order valence-corrected chi connectivity index (χ4v) is 2.81. The first-order chi connectivity index (χ1) is 11.6. The lowest BCUT2D eigenvalue weighted by Crippen LogP contribution is -1.89. The van der Waals surface area contributed by atoms with Crippen molar-refractivity contribution in [3.8, 4) is 34.3 Å². The van der Waals surface area contributed by atoms with Crippen LogP contribution in [0.15, 0.2) is 60.9 Å². The molecule has 1 aromatic carbocycles. The number of nitrogens with zero attached hydrogens (tertiary/aromatic N) is 3. The number of benzene rings is 1. The van der Waals surface area contributed by atoms with E-state index in [2.05, 4.69) is 9.97 Å². The molecule has 0 spiro atoms. The van der Waals surface area contributed by atoms with Gasteiger partial charge in [0.25, 0.3) is 0 Å². The van der Waals surface area contributed by atoms with Crippen molar-refractivity contribution >= 4 is 5.52 Å². The third-order valence-electron chi connectivity index (χ3n) is 3.95. The SMILES string of the molecule is Cc1ccc(O)c(-c2nc(-c3ncccc3O)c3ccccn23)c1. The van der Waals surface area contributed by atoms with Crippen LogP contribution in [0.2, 0.25) is 0 Å². The molecule has 0 aliphatic carbocycles. The van der Waals surface area contributed by atoms with E-state index in [1.807, 2.05) is 47.9 Å². The van der Waals surface area contributed by atoms with Gasteiger partial charge in [-0.15, -0.1) is 0 Å². The van der Waals surface area contributed by atoms with Crippen LogP contribution in [0.25, 0.3) is 28.3 Å². The van der Waals surface area contributed by atoms with Crippen LogP contribution in [0.3, 0.4) is 0 Å². The number of phenolic OH excluding ortho intramolecular Hbond substituents is 1. The molecule has 0 saturated carbocycles. The van der Waals surface area contributed by atoms with E-state index >= 15 is 0 Å². The Labute approximate surface area is 138 Å². The highest BCUT2D eigenvalue weighted by molar-refractivity contribution is 5.83. The molecule has 118 valence electrons. The highest BCUT2D eigenvalue weighted by Crippen LogP contribution is 2.35. The summed E-state index contributed by atoms with van der Waals surface area (Å²) in [5.74, 6) is 0.835. The summed E-state index contributed by atoms with van der Waals surface area (Å²) in [5, 5.41) is 20.4. The summed E-state index contributed by atoms with van der Waals surface area (Å²) in [7, 11) is 0. The minimum absolute atomic E-state index is 0.0707. The highest BCUT2D eigenvalue weighted by atomic mass is 16.3. The maximum absolute atomic E-state index is 10.3. The van der Waals surface area contributed by atoms with Crippen molar-refractivity contribution in [2.24, 2.45) is 0 Å². The van der Waals surface area contributed by atoms with Crippen LogP contribution in [0.5, 0.6) is 11.5 Å². The third-order valence-corrected chi connectivity index (χ3v) is 3.95. The van der Waals surface area contributed by atoms with Crippen LogP contribution in [0.1, 0.15) is 5.56 Å². The lowest BCUT2D eigenvalue weighted by molar-refractivity contribution is 0.475. The van der Waals surface area contributed by atoms with Gasteiger partial charge in [0.2, 0.25) is 0 Å². The van der Waals surface area contributed by atoms with Crippen molar-refractivity contribution in [1.82, 2.24) is 14.4 Å². The molecule has 2 N–H and O–H groups in total. The minimum atomic E-state index is 0.0707.